The largest absolute Gasteiger partial charge is 0.497 e. The Morgan fingerprint density at radius 2 is 1.72 bits per heavy atom. The second-order valence-electron chi connectivity index (χ2n) is 4.37. The quantitative estimate of drug-likeness (QED) is 0.680. The van der Waals surface area contributed by atoms with Crippen LogP contribution in [0.2, 0.25) is 0 Å². The molecule has 0 fully saturated rings. The number of nitrogens with one attached hydrogen (secondary N) is 1. The zero-order valence-corrected chi connectivity index (χ0v) is 11.9. The van der Waals surface area contributed by atoms with Gasteiger partial charge >= 0.3 is 0 Å². The Morgan fingerprint density at radius 1 is 1.06 bits per heavy atom. The predicted molar refractivity (Wildman–Crippen MR) is 77.4 cm³/mol. The maximum Gasteiger partial charge on any atom is 0.118 e. The van der Waals surface area contributed by atoms with Crippen LogP contribution in [0.5, 0.6) is 5.75 Å². The molecule has 1 aromatic carbocycles. The van der Waals surface area contributed by atoms with Gasteiger partial charge < -0.3 is 15.0 Å². The molecule has 0 aliphatic carbocycles. The molecular weight excluding hydrogens is 224 g/mol. The van der Waals surface area contributed by atoms with Crippen LogP contribution in [0.25, 0.3) is 0 Å². The maximum absolute atomic E-state index is 5.14. The number of nitrogens with zero attached hydrogens (tertiary/aromatic N) is 1. The van der Waals surface area contributed by atoms with Gasteiger partial charge in [-0.1, -0.05) is 26.0 Å². The number of likely N-dealkylation sites (N-methyl/N-ethyl adjacent to an activating group) is 1. The minimum Gasteiger partial charge on any atom is -0.497 e. The van der Waals surface area contributed by atoms with Gasteiger partial charge in [0.2, 0.25) is 0 Å². The first-order valence-corrected chi connectivity index (χ1v) is 6.86. The Labute approximate surface area is 111 Å². The first-order valence-electron chi connectivity index (χ1n) is 6.86. The Hall–Kier alpha value is -1.06. The molecule has 1 aromatic rings. The zero-order chi connectivity index (χ0) is 13.2. The van der Waals surface area contributed by atoms with Crippen molar-refractivity contribution in [2.24, 2.45) is 0 Å². The van der Waals surface area contributed by atoms with E-state index >= 15 is 0 Å². The van der Waals surface area contributed by atoms with Gasteiger partial charge in [0.05, 0.1) is 7.11 Å². The normalized spacial score (nSPS) is 10.9. The van der Waals surface area contributed by atoms with Gasteiger partial charge in [0, 0.05) is 13.1 Å². The molecule has 0 radical (unpaired) electrons. The molecular formula is C15H26N2O. The van der Waals surface area contributed by atoms with Crippen molar-refractivity contribution in [1.82, 2.24) is 10.2 Å². The lowest BCUT2D eigenvalue weighted by Crippen LogP contribution is -2.32. The highest BCUT2D eigenvalue weighted by Crippen LogP contribution is 2.11. The predicted octanol–water partition coefficient (Wildman–Crippen LogP) is 2.17. The van der Waals surface area contributed by atoms with E-state index in [1.807, 2.05) is 12.1 Å². The lowest BCUT2D eigenvalue weighted by atomic mass is 10.1. The smallest absolute Gasteiger partial charge is 0.118 e. The van der Waals surface area contributed by atoms with Gasteiger partial charge in [-0.15, -0.1) is 0 Å². The van der Waals surface area contributed by atoms with Gasteiger partial charge in [-0.2, -0.15) is 0 Å². The Bertz CT molecular complexity index is 307. The van der Waals surface area contributed by atoms with Gasteiger partial charge in [-0.05, 0) is 43.8 Å². The van der Waals surface area contributed by atoms with Crippen molar-refractivity contribution < 1.29 is 4.74 Å². The number of hydrogen-bond acceptors (Lipinski definition) is 3. The number of benzene rings is 1. The summed E-state index contributed by atoms with van der Waals surface area (Å²) in [5.41, 5.74) is 1.35. The summed E-state index contributed by atoms with van der Waals surface area (Å²) in [4.78, 5) is 2.43. The van der Waals surface area contributed by atoms with Gasteiger partial charge in [0.1, 0.15) is 5.75 Å². The first kappa shape index (κ1) is 15.0. The first-order chi connectivity index (χ1) is 8.80. The van der Waals surface area contributed by atoms with Gasteiger partial charge in [-0.25, -0.2) is 0 Å². The topological polar surface area (TPSA) is 24.5 Å². The van der Waals surface area contributed by atoms with E-state index in [4.69, 9.17) is 4.74 Å². The summed E-state index contributed by atoms with van der Waals surface area (Å²) in [5, 5.41) is 3.49. The van der Waals surface area contributed by atoms with E-state index in [-0.39, 0.29) is 0 Å². The molecule has 0 aliphatic heterocycles. The highest BCUT2D eigenvalue weighted by atomic mass is 16.5. The Morgan fingerprint density at radius 3 is 2.28 bits per heavy atom. The van der Waals surface area contributed by atoms with Crippen LogP contribution >= 0.6 is 0 Å². The summed E-state index contributed by atoms with van der Waals surface area (Å²) in [5.74, 6) is 0.924. The number of hydrogen-bond donors (Lipinski definition) is 1. The van der Waals surface area contributed by atoms with Crippen LogP contribution in [-0.2, 0) is 6.42 Å². The number of rotatable bonds is 9. The average molecular weight is 250 g/mol. The van der Waals surface area contributed by atoms with Gasteiger partial charge in [-0.3, -0.25) is 0 Å². The minimum absolute atomic E-state index is 0.924. The van der Waals surface area contributed by atoms with E-state index in [0.717, 1.165) is 44.9 Å². The molecule has 1 N–H and O–H groups in total. The van der Waals surface area contributed by atoms with Gasteiger partial charge in [0.15, 0.2) is 0 Å². The van der Waals surface area contributed by atoms with Crippen LogP contribution in [0.1, 0.15) is 19.4 Å². The summed E-state index contributed by atoms with van der Waals surface area (Å²) in [6.45, 7) is 9.93. The summed E-state index contributed by atoms with van der Waals surface area (Å²) < 4.78 is 5.14. The third kappa shape index (κ3) is 5.52. The van der Waals surface area contributed by atoms with Crippen LogP contribution < -0.4 is 10.1 Å². The SMILES string of the molecule is CCN(CC)CCNCCc1ccc(OC)cc1. The molecule has 0 aromatic heterocycles. The van der Waals surface area contributed by atoms with Crippen molar-refractivity contribution in [2.45, 2.75) is 20.3 Å². The van der Waals surface area contributed by atoms with Gasteiger partial charge in [0.25, 0.3) is 0 Å². The maximum atomic E-state index is 5.14. The molecule has 0 bridgehead atoms. The lowest BCUT2D eigenvalue weighted by Gasteiger charge is -2.17. The Balaban J connectivity index is 2.13. The van der Waals surface area contributed by atoms with Crippen molar-refractivity contribution in [2.75, 3.05) is 39.8 Å². The lowest BCUT2D eigenvalue weighted by molar-refractivity contribution is 0.303. The molecule has 3 nitrogen and oxygen atoms in total. The summed E-state index contributed by atoms with van der Waals surface area (Å²) in [6, 6.07) is 8.30. The standard InChI is InChI=1S/C15H26N2O/c1-4-17(5-2)13-12-16-11-10-14-6-8-15(18-3)9-7-14/h6-9,16H,4-5,10-13H2,1-3H3. The third-order valence-electron chi connectivity index (χ3n) is 3.25. The molecule has 0 unspecified atom stereocenters. The molecule has 1 rings (SSSR count). The molecule has 0 saturated heterocycles. The summed E-state index contributed by atoms with van der Waals surface area (Å²) in [7, 11) is 1.70. The fourth-order valence-corrected chi connectivity index (χ4v) is 1.93. The monoisotopic (exact) mass is 250 g/mol. The number of methoxy groups -OCH3 is 1. The molecule has 18 heavy (non-hydrogen) atoms. The summed E-state index contributed by atoms with van der Waals surface area (Å²) in [6.07, 6.45) is 1.07. The van der Waals surface area contributed by atoms with E-state index in [1.165, 1.54) is 5.56 Å². The minimum atomic E-state index is 0.924. The average Bonchev–Trinajstić information content (AvgIpc) is 2.43. The molecule has 0 amide bonds. The van der Waals surface area contributed by atoms with Crippen molar-refractivity contribution in [3.63, 3.8) is 0 Å². The molecule has 0 atom stereocenters. The van der Waals surface area contributed by atoms with Crippen LogP contribution in [0, 0.1) is 0 Å². The Kier molecular flexibility index (Phi) is 7.46. The van der Waals surface area contributed by atoms with Crippen molar-refractivity contribution >= 4 is 0 Å². The van der Waals surface area contributed by atoms with Crippen LogP contribution in [0.3, 0.4) is 0 Å². The highest BCUT2D eigenvalue weighted by molar-refractivity contribution is 5.27. The summed E-state index contributed by atoms with van der Waals surface area (Å²) >= 11 is 0. The second-order valence-corrected chi connectivity index (χ2v) is 4.37. The molecule has 0 saturated carbocycles. The van der Waals surface area contributed by atoms with E-state index in [9.17, 15) is 0 Å². The van der Waals surface area contributed by atoms with Crippen molar-refractivity contribution in [1.29, 1.82) is 0 Å². The number of ether oxygens (including phenoxy) is 1. The molecule has 102 valence electrons. The zero-order valence-electron chi connectivity index (χ0n) is 11.9. The molecule has 0 spiro atoms. The van der Waals surface area contributed by atoms with E-state index in [2.05, 4.69) is 36.2 Å². The highest BCUT2D eigenvalue weighted by Gasteiger charge is 1.98. The second kappa shape index (κ2) is 8.95. The van der Waals surface area contributed by atoms with Crippen molar-refractivity contribution in [3.8, 4) is 5.75 Å². The van der Waals surface area contributed by atoms with Crippen LogP contribution in [0.4, 0.5) is 0 Å². The van der Waals surface area contributed by atoms with E-state index in [1.54, 1.807) is 7.11 Å². The van der Waals surface area contributed by atoms with Crippen molar-refractivity contribution in [3.05, 3.63) is 29.8 Å². The fraction of sp³-hybridized carbons (Fsp3) is 0.600. The molecule has 3 heteroatoms. The van der Waals surface area contributed by atoms with E-state index < -0.39 is 0 Å². The van der Waals surface area contributed by atoms with E-state index in [0.29, 0.717) is 0 Å². The molecule has 0 heterocycles. The fourth-order valence-electron chi connectivity index (χ4n) is 1.93. The third-order valence-corrected chi connectivity index (χ3v) is 3.25. The van der Waals surface area contributed by atoms with Crippen LogP contribution in [0.15, 0.2) is 24.3 Å². The van der Waals surface area contributed by atoms with Crippen LogP contribution in [-0.4, -0.2) is 44.7 Å². The molecule has 0 aliphatic rings.